The van der Waals surface area contributed by atoms with Crippen molar-refractivity contribution in [2.75, 3.05) is 13.2 Å². The Bertz CT molecular complexity index is 779. The second-order valence-electron chi connectivity index (χ2n) is 9.54. The Balaban J connectivity index is 1.99. The van der Waals surface area contributed by atoms with E-state index in [9.17, 15) is 33.1 Å². The van der Waals surface area contributed by atoms with Gasteiger partial charge in [0, 0.05) is 5.41 Å². The van der Waals surface area contributed by atoms with Gasteiger partial charge in [0.25, 0.3) is 10.1 Å². The molecule has 0 radical (unpaired) electrons. The second-order valence-corrected chi connectivity index (χ2v) is 11.2. The van der Waals surface area contributed by atoms with Crippen LogP contribution in [0, 0.1) is 28.6 Å². The molecule has 3 aliphatic rings. The predicted molar refractivity (Wildman–Crippen MR) is 104 cm³/mol. The van der Waals surface area contributed by atoms with Crippen LogP contribution in [0.1, 0.15) is 46.0 Å². The van der Waals surface area contributed by atoms with Crippen LogP contribution in [-0.2, 0) is 19.6 Å². The number of cyclic esters (lactones) is 1. The van der Waals surface area contributed by atoms with E-state index < -0.39 is 50.3 Å². The quantitative estimate of drug-likeness (QED) is 0.285. The van der Waals surface area contributed by atoms with E-state index in [0.29, 0.717) is 25.7 Å². The number of hydrogen-bond donors (Lipinski definition) is 4. The van der Waals surface area contributed by atoms with Crippen LogP contribution in [0.3, 0.4) is 0 Å². The highest BCUT2D eigenvalue weighted by Gasteiger charge is 2.59. The smallest absolute Gasteiger partial charge is 0.313 e. The summed E-state index contributed by atoms with van der Waals surface area (Å²) in [6.45, 7) is 7.52. The van der Waals surface area contributed by atoms with Crippen LogP contribution in [0.5, 0.6) is 0 Å². The van der Waals surface area contributed by atoms with Gasteiger partial charge < -0.3 is 20.1 Å². The summed E-state index contributed by atoms with van der Waals surface area (Å²) in [4.78, 5) is 12.1. The van der Waals surface area contributed by atoms with Crippen molar-refractivity contribution in [3.05, 3.63) is 12.2 Å². The predicted octanol–water partition coefficient (Wildman–Crippen LogP) is 0.909. The zero-order valence-corrected chi connectivity index (χ0v) is 17.8. The first-order valence-corrected chi connectivity index (χ1v) is 11.6. The van der Waals surface area contributed by atoms with Crippen LogP contribution < -0.4 is 0 Å². The minimum atomic E-state index is -4.65. The summed E-state index contributed by atoms with van der Waals surface area (Å²) in [6, 6.07) is 0. The van der Waals surface area contributed by atoms with Crippen LogP contribution in [0.25, 0.3) is 0 Å². The second kappa shape index (κ2) is 7.60. The third kappa shape index (κ3) is 3.65. The van der Waals surface area contributed by atoms with Gasteiger partial charge in [-0.15, -0.1) is 0 Å². The molecule has 29 heavy (non-hydrogen) atoms. The van der Waals surface area contributed by atoms with E-state index in [2.05, 4.69) is 6.58 Å². The van der Waals surface area contributed by atoms with E-state index in [4.69, 9.17) is 4.74 Å². The number of carbonyl (C=O) groups is 1. The SMILES string of the molecule is C=C1CCC2C(C)(CO)C(O)CCC2(C)C1CC(C1C(=O)OCC1O)S(=O)(=O)O. The molecule has 3 fully saturated rings. The molecule has 2 aliphatic carbocycles. The van der Waals surface area contributed by atoms with Crippen molar-refractivity contribution in [1.29, 1.82) is 0 Å². The molecule has 1 saturated heterocycles. The van der Waals surface area contributed by atoms with Crippen LogP contribution >= 0.6 is 0 Å². The molecular formula is C20H32O8S. The fraction of sp³-hybridized carbons (Fsp3) is 0.850. The van der Waals surface area contributed by atoms with Gasteiger partial charge in [-0.1, -0.05) is 26.0 Å². The Labute approximate surface area is 171 Å². The molecule has 0 aromatic carbocycles. The van der Waals surface area contributed by atoms with Gasteiger partial charge in [-0.2, -0.15) is 8.42 Å². The average molecular weight is 433 g/mol. The monoisotopic (exact) mass is 432 g/mol. The zero-order chi connectivity index (χ0) is 21.8. The number of ether oxygens (including phenoxy) is 1. The van der Waals surface area contributed by atoms with Crippen LogP contribution in [0.4, 0.5) is 0 Å². The minimum absolute atomic E-state index is 0.0703. The molecule has 9 heteroatoms. The number of aliphatic hydroxyl groups is 3. The summed E-state index contributed by atoms with van der Waals surface area (Å²) in [7, 11) is -4.65. The van der Waals surface area contributed by atoms with E-state index in [0.717, 1.165) is 5.57 Å². The highest BCUT2D eigenvalue weighted by atomic mass is 32.2. The largest absolute Gasteiger partial charge is 0.463 e. The van der Waals surface area contributed by atoms with Crippen molar-refractivity contribution in [3.8, 4) is 0 Å². The summed E-state index contributed by atoms with van der Waals surface area (Å²) in [5.74, 6) is -2.61. The number of aliphatic hydroxyl groups excluding tert-OH is 3. The Hall–Kier alpha value is -1.00. The van der Waals surface area contributed by atoms with Crippen molar-refractivity contribution >= 4 is 16.1 Å². The van der Waals surface area contributed by atoms with E-state index in [1.165, 1.54) is 0 Å². The standard InChI is InChI=1S/C20H32O8S/c1-11-4-5-15-19(2,7-6-16(23)20(15,3)10-21)12(11)8-14(29(25,26)27)17-13(22)9-28-18(17)24/h12-17,21-23H,1,4-10H2,2-3H3,(H,25,26,27). The van der Waals surface area contributed by atoms with Crippen LogP contribution in [-0.4, -0.2) is 64.9 Å². The molecule has 1 aliphatic heterocycles. The fourth-order valence-corrected chi connectivity index (χ4v) is 7.34. The molecule has 2 saturated carbocycles. The molecule has 0 bridgehead atoms. The minimum Gasteiger partial charge on any atom is -0.463 e. The van der Waals surface area contributed by atoms with Gasteiger partial charge in [-0.25, -0.2) is 0 Å². The lowest BCUT2D eigenvalue weighted by atomic mass is 9.46. The molecule has 8 atom stereocenters. The maximum absolute atomic E-state index is 12.2. The Morgan fingerprint density at radius 2 is 1.93 bits per heavy atom. The molecule has 0 aromatic heterocycles. The van der Waals surface area contributed by atoms with Gasteiger partial charge in [-0.05, 0) is 49.4 Å². The summed E-state index contributed by atoms with van der Waals surface area (Å²) < 4.78 is 39.2. The first-order valence-electron chi connectivity index (χ1n) is 10.1. The Morgan fingerprint density at radius 3 is 2.45 bits per heavy atom. The molecule has 3 rings (SSSR count). The van der Waals surface area contributed by atoms with Gasteiger partial charge in [0.05, 0.1) is 12.7 Å². The van der Waals surface area contributed by atoms with Crippen molar-refractivity contribution in [2.24, 2.45) is 28.6 Å². The normalized spacial score (nSPS) is 44.3. The third-order valence-corrected chi connectivity index (χ3v) is 9.28. The van der Waals surface area contributed by atoms with Crippen LogP contribution in [0.2, 0.25) is 0 Å². The summed E-state index contributed by atoms with van der Waals surface area (Å²) in [5.41, 5.74) is -0.372. The fourth-order valence-electron chi connectivity index (χ4n) is 6.25. The highest BCUT2D eigenvalue weighted by molar-refractivity contribution is 7.86. The van der Waals surface area contributed by atoms with Crippen molar-refractivity contribution in [1.82, 2.24) is 0 Å². The molecule has 1 heterocycles. The van der Waals surface area contributed by atoms with Gasteiger partial charge in [-0.3, -0.25) is 9.35 Å². The van der Waals surface area contributed by atoms with E-state index >= 15 is 0 Å². The highest BCUT2D eigenvalue weighted by Crippen LogP contribution is 2.62. The first-order chi connectivity index (χ1) is 13.4. The third-order valence-electron chi connectivity index (χ3n) is 8.03. The lowest BCUT2D eigenvalue weighted by Crippen LogP contribution is -2.58. The molecular weight excluding hydrogens is 400 g/mol. The van der Waals surface area contributed by atoms with E-state index in [1.807, 2.05) is 13.8 Å². The van der Waals surface area contributed by atoms with Gasteiger partial charge in [0.2, 0.25) is 0 Å². The molecule has 8 unspecified atom stereocenters. The topological polar surface area (TPSA) is 141 Å². The van der Waals surface area contributed by atoms with Crippen molar-refractivity contribution < 1.29 is 37.8 Å². The zero-order valence-electron chi connectivity index (χ0n) is 17.0. The lowest BCUT2D eigenvalue weighted by molar-refractivity contribution is -0.153. The van der Waals surface area contributed by atoms with E-state index in [1.54, 1.807) is 0 Å². The number of rotatable bonds is 5. The summed E-state index contributed by atoms with van der Waals surface area (Å²) in [6.07, 6.45) is 0.339. The van der Waals surface area contributed by atoms with Gasteiger partial charge >= 0.3 is 5.97 Å². The Morgan fingerprint density at radius 1 is 1.28 bits per heavy atom. The number of esters is 1. The first kappa shape index (κ1) is 22.7. The molecule has 8 nitrogen and oxygen atoms in total. The molecule has 0 aromatic rings. The van der Waals surface area contributed by atoms with Gasteiger partial charge in [0.1, 0.15) is 23.9 Å². The lowest BCUT2D eigenvalue weighted by Gasteiger charge is -2.60. The van der Waals surface area contributed by atoms with Gasteiger partial charge in [0.15, 0.2) is 0 Å². The summed E-state index contributed by atoms with van der Waals surface area (Å²) in [5, 5.41) is 29.3. The molecule has 4 N–H and O–H groups in total. The maximum Gasteiger partial charge on any atom is 0.313 e. The number of fused-ring (bicyclic) bond motifs is 1. The Kier molecular flexibility index (Phi) is 5.95. The average Bonchev–Trinajstić information content (AvgIpc) is 2.95. The van der Waals surface area contributed by atoms with Crippen LogP contribution in [0.15, 0.2) is 12.2 Å². The van der Waals surface area contributed by atoms with Crippen molar-refractivity contribution in [3.63, 3.8) is 0 Å². The molecule has 0 amide bonds. The molecule has 166 valence electrons. The summed E-state index contributed by atoms with van der Waals surface area (Å²) >= 11 is 0. The number of hydrogen-bond acceptors (Lipinski definition) is 7. The number of allylic oxidation sites excluding steroid dienone is 1. The molecule has 0 spiro atoms. The maximum atomic E-state index is 12.2. The van der Waals surface area contributed by atoms with Crippen molar-refractivity contribution in [2.45, 2.75) is 63.4 Å². The number of carbonyl (C=O) groups excluding carboxylic acids is 1. The van der Waals surface area contributed by atoms with E-state index in [-0.39, 0.29) is 31.5 Å².